The van der Waals surface area contributed by atoms with Crippen molar-refractivity contribution >= 4 is 22.9 Å². The van der Waals surface area contributed by atoms with E-state index in [4.69, 9.17) is 4.98 Å². The molecule has 186 valence electrons. The van der Waals surface area contributed by atoms with Gasteiger partial charge in [-0.05, 0) is 62.8 Å². The smallest absolute Gasteiger partial charge is 0.223 e. The van der Waals surface area contributed by atoms with E-state index < -0.39 is 0 Å². The summed E-state index contributed by atoms with van der Waals surface area (Å²) in [5.74, 6) is 1.27. The Morgan fingerprint density at radius 2 is 1.69 bits per heavy atom. The molecule has 1 aromatic heterocycles. The second kappa shape index (κ2) is 11.0. The number of hydrogen-bond acceptors (Lipinski definition) is 3. The number of nitrogens with zero attached hydrogens (tertiary/aromatic N) is 3. The number of imidazole rings is 1. The summed E-state index contributed by atoms with van der Waals surface area (Å²) >= 11 is 0. The largest absolute Gasteiger partial charge is 0.353 e. The zero-order valence-electron chi connectivity index (χ0n) is 21.4. The van der Waals surface area contributed by atoms with Crippen LogP contribution >= 0.6 is 0 Å². The minimum atomic E-state index is 0.0648. The van der Waals surface area contributed by atoms with E-state index in [9.17, 15) is 4.79 Å². The first-order chi connectivity index (χ1) is 17.6. The predicted octanol–water partition coefficient (Wildman–Crippen LogP) is 5.75. The second-order valence-corrected chi connectivity index (χ2v) is 10.2. The molecular formula is C31H36N4O. The number of piperidine rings is 1. The standard InChI is InChI=1S/C31H36N4O/c1-23-9-8-12-26(21-23)22-35-29-14-7-6-13-28(29)33-31(35)34-19-17-27(18-20-34)30(36)32-24(2)15-16-25-10-4-3-5-11-25/h3-14,21,24,27H,15-20,22H2,1-2H3,(H,32,36)/t24-/m1/s1. The highest BCUT2D eigenvalue weighted by Gasteiger charge is 2.28. The quantitative estimate of drug-likeness (QED) is 0.350. The number of amides is 1. The van der Waals surface area contributed by atoms with Crippen LogP contribution in [0.5, 0.6) is 0 Å². The number of anilines is 1. The monoisotopic (exact) mass is 480 g/mol. The lowest BCUT2D eigenvalue weighted by Gasteiger charge is -2.33. The maximum atomic E-state index is 13.0. The summed E-state index contributed by atoms with van der Waals surface area (Å²) in [5, 5.41) is 3.27. The van der Waals surface area contributed by atoms with Crippen molar-refractivity contribution in [3.63, 3.8) is 0 Å². The van der Waals surface area contributed by atoms with Crippen molar-refractivity contribution in [3.8, 4) is 0 Å². The Hall–Kier alpha value is -3.60. The number of aryl methyl sites for hydroxylation is 2. The molecule has 1 amide bonds. The second-order valence-electron chi connectivity index (χ2n) is 10.2. The summed E-state index contributed by atoms with van der Waals surface area (Å²) in [6.45, 7) is 6.72. The molecule has 0 aliphatic carbocycles. The number of rotatable bonds is 8. The molecule has 5 rings (SSSR count). The SMILES string of the molecule is Cc1cccc(Cn2c(N3CCC(C(=O)N[C@H](C)CCc4ccccc4)CC3)nc3ccccc32)c1. The Morgan fingerprint density at radius 3 is 2.47 bits per heavy atom. The van der Waals surface area contributed by atoms with Crippen LogP contribution < -0.4 is 10.2 Å². The third kappa shape index (κ3) is 5.62. The van der Waals surface area contributed by atoms with Gasteiger partial charge in [0.2, 0.25) is 11.9 Å². The van der Waals surface area contributed by atoms with Crippen molar-refractivity contribution in [1.82, 2.24) is 14.9 Å². The maximum Gasteiger partial charge on any atom is 0.223 e. The number of carbonyl (C=O) groups is 1. The van der Waals surface area contributed by atoms with E-state index in [1.54, 1.807) is 0 Å². The lowest BCUT2D eigenvalue weighted by molar-refractivity contribution is -0.126. The molecule has 1 aliphatic heterocycles. The highest BCUT2D eigenvalue weighted by molar-refractivity contribution is 5.80. The Bertz CT molecular complexity index is 1300. The molecule has 1 fully saturated rings. The van der Waals surface area contributed by atoms with Gasteiger partial charge in [0.05, 0.1) is 17.6 Å². The van der Waals surface area contributed by atoms with Gasteiger partial charge >= 0.3 is 0 Å². The van der Waals surface area contributed by atoms with Crippen molar-refractivity contribution in [2.45, 2.75) is 52.1 Å². The van der Waals surface area contributed by atoms with Crippen LogP contribution in [0.4, 0.5) is 5.95 Å². The first kappa shape index (κ1) is 24.1. The minimum Gasteiger partial charge on any atom is -0.353 e. The molecule has 0 spiro atoms. The van der Waals surface area contributed by atoms with Gasteiger partial charge in [0.1, 0.15) is 0 Å². The number of para-hydroxylation sites is 2. The van der Waals surface area contributed by atoms with Crippen molar-refractivity contribution in [1.29, 1.82) is 0 Å². The molecular weight excluding hydrogens is 444 g/mol. The molecule has 1 aliphatic rings. The highest BCUT2D eigenvalue weighted by Crippen LogP contribution is 2.28. The summed E-state index contributed by atoms with van der Waals surface area (Å²) < 4.78 is 2.33. The first-order valence-corrected chi connectivity index (χ1v) is 13.2. The summed E-state index contributed by atoms with van der Waals surface area (Å²) in [7, 11) is 0. The molecule has 5 nitrogen and oxygen atoms in total. The Labute approximate surface area is 214 Å². The Kier molecular flexibility index (Phi) is 7.36. The number of nitrogens with one attached hydrogen (secondary N) is 1. The van der Waals surface area contributed by atoms with Crippen LogP contribution in [0.3, 0.4) is 0 Å². The lowest BCUT2D eigenvalue weighted by Crippen LogP contribution is -2.43. The fourth-order valence-corrected chi connectivity index (χ4v) is 5.26. The summed E-state index contributed by atoms with van der Waals surface area (Å²) in [5.41, 5.74) is 6.04. The fraction of sp³-hybridized carbons (Fsp3) is 0.355. The van der Waals surface area contributed by atoms with E-state index in [0.29, 0.717) is 0 Å². The van der Waals surface area contributed by atoms with Crippen LogP contribution in [0.1, 0.15) is 42.9 Å². The molecule has 1 N–H and O–H groups in total. The van der Waals surface area contributed by atoms with Gasteiger partial charge in [-0.25, -0.2) is 4.98 Å². The molecule has 4 aromatic rings. The molecule has 3 aromatic carbocycles. The zero-order chi connectivity index (χ0) is 24.9. The third-order valence-electron chi connectivity index (χ3n) is 7.30. The number of benzene rings is 3. The van der Waals surface area contributed by atoms with Gasteiger partial charge in [0, 0.05) is 25.0 Å². The van der Waals surface area contributed by atoms with Gasteiger partial charge in [0.15, 0.2) is 0 Å². The van der Waals surface area contributed by atoms with E-state index in [2.05, 4.69) is 95.4 Å². The molecule has 2 heterocycles. The lowest BCUT2D eigenvalue weighted by atomic mass is 9.95. The summed E-state index contributed by atoms with van der Waals surface area (Å²) in [6, 6.07) is 27.7. The van der Waals surface area contributed by atoms with Crippen LogP contribution in [-0.4, -0.2) is 34.6 Å². The van der Waals surface area contributed by atoms with Crippen molar-refractivity contribution < 1.29 is 4.79 Å². The van der Waals surface area contributed by atoms with Crippen LogP contribution in [0.15, 0.2) is 78.9 Å². The van der Waals surface area contributed by atoms with E-state index >= 15 is 0 Å². The highest BCUT2D eigenvalue weighted by atomic mass is 16.1. The van der Waals surface area contributed by atoms with Crippen LogP contribution in [0, 0.1) is 12.8 Å². The Morgan fingerprint density at radius 1 is 0.972 bits per heavy atom. The number of carbonyl (C=O) groups excluding carboxylic acids is 1. The van der Waals surface area contributed by atoms with E-state index in [0.717, 1.165) is 62.3 Å². The zero-order valence-corrected chi connectivity index (χ0v) is 21.4. The molecule has 1 saturated heterocycles. The van der Waals surface area contributed by atoms with Gasteiger partial charge in [-0.3, -0.25) is 4.79 Å². The minimum absolute atomic E-state index is 0.0648. The molecule has 36 heavy (non-hydrogen) atoms. The number of hydrogen-bond donors (Lipinski definition) is 1. The fourth-order valence-electron chi connectivity index (χ4n) is 5.26. The Balaban J connectivity index is 1.22. The van der Waals surface area contributed by atoms with Crippen molar-refractivity contribution in [2.24, 2.45) is 5.92 Å². The van der Waals surface area contributed by atoms with Crippen LogP contribution in [0.2, 0.25) is 0 Å². The molecule has 0 unspecified atom stereocenters. The van der Waals surface area contributed by atoms with Gasteiger partial charge < -0.3 is 14.8 Å². The van der Waals surface area contributed by atoms with Gasteiger partial charge in [-0.2, -0.15) is 0 Å². The van der Waals surface area contributed by atoms with Gasteiger partial charge in [-0.1, -0.05) is 72.3 Å². The summed E-state index contributed by atoms with van der Waals surface area (Å²) in [6.07, 6.45) is 3.64. The molecule has 0 saturated carbocycles. The maximum absolute atomic E-state index is 13.0. The topological polar surface area (TPSA) is 50.2 Å². The first-order valence-electron chi connectivity index (χ1n) is 13.2. The molecule has 5 heteroatoms. The van der Waals surface area contributed by atoms with Gasteiger partial charge in [0.25, 0.3) is 0 Å². The number of fused-ring (bicyclic) bond motifs is 1. The molecule has 1 atom stereocenters. The van der Waals surface area contributed by atoms with E-state index in [1.165, 1.54) is 16.7 Å². The van der Waals surface area contributed by atoms with E-state index in [1.807, 2.05) is 12.1 Å². The van der Waals surface area contributed by atoms with Crippen LogP contribution in [0.25, 0.3) is 11.0 Å². The van der Waals surface area contributed by atoms with Crippen molar-refractivity contribution in [2.75, 3.05) is 18.0 Å². The molecule has 0 bridgehead atoms. The van der Waals surface area contributed by atoms with Crippen molar-refractivity contribution in [3.05, 3.63) is 95.6 Å². The van der Waals surface area contributed by atoms with E-state index in [-0.39, 0.29) is 17.9 Å². The van der Waals surface area contributed by atoms with Crippen LogP contribution in [-0.2, 0) is 17.8 Å². The average Bonchev–Trinajstić information content (AvgIpc) is 3.26. The third-order valence-corrected chi connectivity index (χ3v) is 7.30. The average molecular weight is 481 g/mol. The summed E-state index contributed by atoms with van der Waals surface area (Å²) in [4.78, 5) is 20.4. The number of aromatic nitrogens is 2. The van der Waals surface area contributed by atoms with Gasteiger partial charge in [-0.15, -0.1) is 0 Å². The normalized spacial score (nSPS) is 15.2. The molecule has 0 radical (unpaired) electrons. The predicted molar refractivity (Wildman–Crippen MR) is 147 cm³/mol.